The third-order valence-corrected chi connectivity index (χ3v) is 2.99. The number of pyridine rings is 1. The Hall–Kier alpha value is -1.31. The minimum absolute atomic E-state index is 0.545. The van der Waals surface area contributed by atoms with Crippen molar-refractivity contribution in [1.82, 2.24) is 9.88 Å². The fourth-order valence-corrected chi connectivity index (χ4v) is 1.67. The van der Waals surface area contributed by atoms with E-state index in [4.69, 9.17) is 0 Å². The molecular formula is C13H18N2. The molecule has 2 heterocycles. The summed E-state index contributed by atoms with van der Waals surface area (Å²) in [5, 5.41) is 0. The molecule has 0 bridgehead atoms. The number of hydrogen-bond acceptors (Lipinski definition) is 2. The molecule has 0 aliphatic carbocycles. The zero-order valence-electron chi connectivity index (χ0n) is 9.53. The van der Waals surface area contributed by atoms with E-state index in [1.54, 1.807) is 0 Å². The van der Waals surface area contributed by atoms with E-state index < -0.39 is 0 Å². The highest BCUT2D eigenvalue weighted by molar-refractivity contribution is 5.59. The molecule has 1 aliphatic heterocycles. The van der Waals surface area contributed by atoms with Crippen molar-refractivity contribution in [2.45, 2.75) is 26.2 Å². The lowest BCUT2D eigenvalue weighted by molar-refractivity contribution is 0.281. The second kappa shape index (κ2) is 4.05. The minimum Gasteiger partial charge on any atom is -0.370 e. The monoisotopic (exact) mass is 202 g/mol. The van der Waals surface area contributed by atoms with Crippen LogP contribution < -0.4 is 0 Å². The third-order valence-electron chi connectivity index (χ3n) is 2.99. The van der Waals surface area contributed by atoms with Crippen molar-refractivity contribution in [3.8, 4) is 0 Å². The summed E-state index contributed by atoms with van der Waals surface area (Å²) in [5.41, 5.74) is 3.37. The van der Waals surface area contributed by atoms with Crippen molar-refractivity contribution in [3.05, 3.63) is 36.2 Å². The standard InChI is InChI=1S/C13H18N2/c1-10(2)12-5-6-13(14-9-12)11(3)15-7-4-8-15/h5-6,9-10H,3-4,7-8H2,1-2H3. The molecule has 2 rings (SSSR count). The summed E-state index contributed by atoms with van der Waals surface area (Å²) in [6.07, 6.45) is 3.24. The molecule has 0 amide bonds. The Morgan fingerprint density at radius 1 is 1.40 bits per heavy atom. The maximum Gasteiger partial charge on any atom is 0.0857 e. The van der Waals surface area contributed by atoms with Crippen LogP contribution in [0.15, 0.2) is 24.9 Å². The number of rotatable bonds is 3. The average Bonchev–Trinajstić information content (AvgIpc) is 2.15. The van der Waals surface area contributed by atoms with Gasteiger partial charge in [0.15, 0.2) is 0 Å². The minimum atomic E-state index is 0.545. The van der Waals surface area contributed by atoms with Crippen molar-refractivity contribution < 1.29 is 0 Å². The van der Waals surface area contributed by atoms with E-state index >= 15 is 0 Å². The van der Waals surface area contributed by atoms with Crippen molar-refractivity contribution in [2.24, 2.45) is 0 Å². The van der Waals surface area contributed by atoms with Gasteiger partial charge in [-0.1, -0.05) is 26.5 Å². The lowest BCUT2D eigenvalue weighted by Gasteiger charge is -2.34. The normalized spacial score (nSPS) is 15.3. The van der Waals surface area contributed by atoms with E-state index in [9.17, 15) is 0 Å². The Balaban J connectivity index is 2.12. The quantitative estimate of drug-likeness (QED) is 0.749. The van der Waals surface area contributed by atoms with Crippen LogP contribution >= 0.6 is 0 Å². The summed E-state index contributed by atoms with van der Waals surface area (Å²) in [5.74, 6) is 0.545. The maximum absolute atomic E-state index is 4.46. The van der Waals surface area contributed by atoms with Crippen LogP contribution in [0, 0.1) is 0 Å². The number of nitrogens with zero attached hydrogens (tertiary/aromatic N) is 2. The van der Waals surface area contributed by atoms with Crippen LogP contribution in [-0.2, 0) is 0 Å². The predicted octanol–water partition coefficient (Wildman–Crippen LogP) is 2.88. The van der Waals surface area contributed by atoms with Gasteiger partial charge in [-0.2, -0.15) is 0 Å². The van der Waals surface area contributed by atoms with E-state index in [2.05, 4.69) is 42.4 Å². The van der Waals surface area contributed by atoms with Crippen molar-refractivity contribution in [3.63, 3.8) is 0 Å². The largest absolute Gasteiger partial charge is 0.370 e. The fraction of sp³-hybridized carbons (Fsp3) is 0.462. The summed E-state index contributed by atoms with van der Waals surface area (Å²) in [7, 11) is 0. The molecular weight excluding hydrogens is 184 g/mol. The molecule has 0 aromatic carbocycles. The molecule has 2 nitrogen and oxygen atoms in total. The van der Waals surface area contributed by atoms with Gasteiger partial charge < -0.3 is 4.90 Å². The van der Waals surface area contributed by atoms with Gasteiger partial charge in [-0.25, -0.2) is 0 Å². The van der Waals surface area contributed by atoms with Gasteiger partial charge in [-0.05, 0) is 24.0 Å². The van der Waals surface area contributed by atoms with Gasteiger partial charge in [0.2, 0.25) is 0 Å². The van der Waals surface area contributed by atoms with Crippen LogP contribution in [0.2, 0.25) is 0 Å². The molecule has 80 valence electrons. The maximum atomic E-state index is 4.46. The highest BCUT2D eigenvalue weighted by atomic mass is 15.2. The lowest BCUT2D eigenvalue weighted by Crippen LogP contribution is -2.35. The summed E-state index contributed by atoms with van der Waals surface area (Å²) in [4.78, 5) is 6.74. The zero-order chi connectivity index (χ0) is 10.8. The Morgan fingerprint density at radius 2 is 2.13 bits per heavy atom. The van der Waals surface area contributed by atoms with Crippen molar-refractivity contribution in [1.29, 1.82) is 0 Å². The lowest BCUT2D eigenvalue weighted by atomic mass is 10.0. The first-order chi connectivity index (χ1) is 7.18. The first-order valence-corrected chi connectivity index (χ1v) is 5.58. The van der Waals surface area contributed by atoms with Crippen LogP contribution in [0.3, 0.4) is 0 Å². The molecule has 15 heavy (non-hydrogen) atoms. The summed E-state index contributed by atoms with van der Waals surface area (Å²) >= 11 is 0. The summed E-state index contributed by atoms with van der Waals surface area (Å²) in [6, 6.07) is 4.23. The first kappa shape index (κ1) is 10.2. The molecule has 1 fully saturated rings. The van der Waals surface area contributed by atoms with Crippen LogP contribution in [0.25, 0.3) is 5.70 Å². The Bertz CT molecular complexity index is 347. The van der Waals surface area contributed by atoms with Crippen LogP contribution in [-0.4, -0.2) is 23.0 Å². The third kappa shape index (κ3) is 2.04. The highest BCUT2D eigenvalue weighted by Gasteiger charge is 2.17. The van der Waals surface area contributed by atoms with Gasteiger partial charge in [0.25, 0.3) is 0 Å². The molecule has 1 aliphatic rings. The highest BCUT2D eigenvalue weighted by Crippen LogP contribution is 2.22. The summed E-state index contributed by atoms with van der Waals surface area (Å²) < 4.78 is 0. The molecule has 0 radical (unpaired) electrons. The van der Waals surface area contributed by atoms with Gasteiger partial charge in [-0.3, -0.25) is 4.98 Å². The predicted molar refractivity (Wildman–Crippen MR) is 63.6 cm³/mol. The molecule has 1 saturated heterocycles. The molecule has 0 spiro atoms. The number of likely N-dealkylation sites (tertiary alicyclic amines) is 1. The number of aromatic nitrogens is 1. The van der Waals surface area contributed by atoms with E-state index in [1.165, 1.54) is 12.0 Å². The van der Waals surface area contributed by atoms with Gasteiger partial charge in [0.1, 0.15) is 0 Å². The summed E-state index contributed by atoms with van der Waals surface area (Å²) in [6.45, 7) is 10.7. The van der Waals surface area contributed by atoms with Gasteiger partial charge in [0.05, 0.1) is 11.4 Å². The smallest absolute Gasteiger partial charge is 0.0857 e. The van der Waals surface area contributed by atoms with Gasteiger partial charge in [0, 0.05) is 19.3 Å². The van der Waals surface area contributed by atoms with E-state index in [0.717, 1.165) is 24.5 Å². The first-order valence-electron chi connectivity index (χ1n) is 5.58. The van der Waals surface area contributed by atoms with E-state index in [-0.39, 0.29) is 0 Å². The second-order valence-corrected chi connectivity index (χ2v) is 4.42. The molecule has 2 heteroatoms. The van der Waals surface area contributed by atoms with Gasteiger partial charge in [-0.15, -0.1) is 0 Å². The van der Waals surface area contributed by atoms with Crippen LogP contribution in [0.1, 0.15) is 37.4 Å². The Morgan fingerprint density at radius 3 is 2.53 bits per heavy atom. The van der Waals surface area contributed by atoms with Gasteiger partial charge >= 0.3 is 0 Å². The Labute approximate surface area is 91.6 Å². The van der Waals surface area contributed by atoms with E-state index in [1.807, 2.05) is 6.20 Å². The molecule has 1 aromatic rings. The van der Waals surface area contributed by atoms with Crippen molar-refractivity contribution >= 4 is 5.70 Å². The topological polar surface area (TPSA) is 16.1 Å². The molecule has 0 N–H and O–H groups in total. The second-order valence-electron chi connectivity index (χ2n) is 4.42. The van der Waals surface area contributed by atoms with Crippen LogP contribution in [0.4, 0.5) is 0 Å². The molecule has 1 aromatic heterocycles. The molecule has 0 atom stereocenters. The van der Waals surface area contributed by atoms with Crippen molar-refractivity contribution in [2.75, 3.05) is 13.1 Å². The SMILES string of the molecule is C=C(c1ccc(C(C)C)cn1)N1CCC1. The fourth-order valence-electron chi connectivity index (χ4n) is 1.67. The number of hydrogen-bond donors (Lipinski definition) is 0. The van der Waals surface area contributed by atoms with Crippen LogP contribution in [0.5, 0.6) is 0 Å². The zero-order valence-corrected chi connectivity index (χ0v) is 9.53. The molecule has 0 saturated carbocycles. The Kier molecular flexibility index (Phi) is 2.76. The van der Waals surface area contributed by atoms with E-state index in [0.29, 0.717) is 5.92 Å². The molecule has 0 unspecified atom stereocenters. The average molecular weight is 202 g/mol.